The summed E-state index contributed by atoms with van der Waals surface area (Å²) in [6.45, 7) is 2.06. The van der Waals surface area contributed by atoms with Crippen molar-refractivity contribution in [2.75, 3.05) is 6.79 Å². The van der Waals surface area contributed by atoms with E-state index in [4.69, 9.17) is 14.0 Å². The minimum absolute atomic E-state index is 0.193. The first-order valence-corrected chi connectivity index (χ1v) is 9.97. The van der Waals surface area contributed by atoms with Crippen LogP contribution in [0.15, 0.2) is 52.5 Å². The highest BCUT2D eigenvalue weighted by molar-refractivity contribution is 7.12. The van der Waals surface area contributed by atoms with Crippen LogP contribution in [0.3, 0.4) is 0 Å². The summed E-state index contributed by atoms with van der Waals surface area (Å²) < 4.78 is 16.0. The monoisotopic (exact) mass is 421 g/mol. The number of pyridine rings is 1. The lowest BCUT2D eigenvalue weighted by molar-refractivity contribution is 0.0939. The number of hydrogen-bond donors (Lipinski definition) is 1. The number of ether oxygens (including phenoxy) is 2. The van der Waals surface area contributed by atoms with Crippen LogP contribution in [-0.2, 0) is 0 Å². The first kappa shape index (κ1) is 18.3. The van der Waals surface area contributed by atoms with Crippen molar-refractivity contribution in [3.05, 3.63) is 58.7 Å². The zero-order chi connectivity index (χ0) is 20.5. The molecule has 0 unspecified atom stereocenters. The molecule has 9 nitrogen and oxygen atoms in total. The summed E-state index contributed by atoms with van der Waals surface area (Å²) in [4.78, 5) is 25.5. The maximum absolute atomic E-state index is 12.5. The fraction of sp³-hybridized carbons (Fsp3) is 0.150. The number of benzene rings is 1. The van der Waals surface area contributed by atoms with Gasteiger partial charge < -0.3 is 19.3 Å². The lowest BCUT2D eigenvalue weighted by Crippen LogP contribution is -2.27. The van der Waals surface area contributed by atoms with Gasteiger partial charge in [0.05, 0.1) is 11.7 Å². The maximum Gasteiger partial charge on any atom is 0.280 e. The second kappa shape index (κ2) is 7.56. The van der Waals surface area contributed by atoms with E-state index in [2.05, 4.69) is 25.4 Å². The molecule has 5 rings (SSSR count). The molecule has 1 atom stereocenters. The van der Waals surface area contributed by atoms with Crippen LogP contribution in [-0.4, -0.2) is 32.8 Å². The summed E-state index contributed by atoms with van der Waals surface area (Å²) in [5.74, 6) is 1.65. The largest absolute Gasteiger partial charge is 0.454 e. The second-order valence-electron chi connectivity index (χ2n) is 6.48. The molecule has 30 heavy (non-hydrogen) atoms. The number of hydrogen-bond acceptors (Lipinski definition) is 9. The third kappa shape index (κ3) is 3.48. The van der Waals surface area contributed by atoms with Crippen LogP contribution in [0, 0.1) is 0 Å². The van der Waals surface area contributed by atoms with Crippen molar-refractivity contribution in [3.63, 3.8) is 0 Å². The van der Waals surface area contributed by atoms with Gasteiger partial charge in [0.2, 0.25) is 12.6 Å². The van der Waals surface area contributed by atoms with Crippen LogP contribution in [0.25, 0.3) is 23.0 Å². The van der Waals surface area contributed by atoms with Crippen molar-refractivity contribution < 1.29 is 18.8 Å². The molecular weight excluding hydrogens is 406 g/mol. The third-order valence-electron chi connectivity index (χ3n) is 4.45. The van der Waals surface area contributed by atoms with Gasteiger partial charge in [0.25, 0.3) is 11.8 Å². The quantitative estimate of drug-likeness (QED) is 0.521. The van der Waals surface area contributed by atoms with Crippen LogP contribution < -0.4 is 14.8 Å². The number of rotatable bonds is 5. The molecule has 0 aliphatic carbocycles. The van der Waals surface area contributed by atoms with E-state index in [9.17, 15) is 4.79 Å². The number of nitrogens with one attached hydrogen (secondary N) is 1. The smallest absolute Gasteiger partial charge is 0.280 e. The molecule has 4 aromatic rings. The highest BCUT2D eigenvalue weighted by atomic mass is 32.1. The summed E-state index contributed by atoms with van der Waals surface area (Å²) >= 11 is 1.20. The van der Waals surface area contributed by atoms with E-state index in [0.29, 0.717) is 28.0 Å². The van der Waals surface area contributed by atoms with Gasteiger partial charge in [-0.1, -0.05) is 11.2 Å². The van der Waals surface area contributed by atoms with Crippen LogP contribution in [0.4, 0.5) is 0 Å². The van der Waals surface area contributed by atoms with E-state index < -0.39 is 0 Å². The second-order valence-corrected chi connectivity index (χ2v) is 7.34. The van der Waals surface area contributed by atoms with Crippen LogP contribution in [0.1, 0.15) is 28.5 Å². The third-order valence-corrected chi connectivity index (χ3v) is 5.29. The van der Waals surface area contributed by atoms with E-state index in [0.717, 1.165) is 11.3 Å². The van der Waals surface area contributed by atoms with Gasteiger partial charge in [-0.15, -0.1) is 11.3 Å². The minimum Gasteiger partial charge on any atom is -0.454 e. The zero-order valence-electron chi connectivity index (χ0n) is 15.7. The SMILES string of the molecule is C[C@@H](NC(=O)c1nc(-c2nc(-c3ccc4c(c3)OCO4)no2)cs1)c1ccccn1. The number of amides is 1. The van der Waals surface area contributed by atoms with Crippen molar-refractivity contribution in [1.29, 1.82) is 0 Å². The van der Waals surface area contributed by atoms with Crippen LogP contribution >= 0.6 is 11.3 Å². The summed E-state index contributed by atoms with van der Waals surface area (Å²) in [6, 6.07) is 10.7. The molecule has 0 radical (unpaired) electrons. The Morgan fingerprint density at radius 1 is 1.17 bits per heavy atom. The Balaban J connectivity index is 1.32. The van der Waals surface area contributed by atoms with Crippen molar-refractivity contribution in [1.82, 2.24) is 25.4 Å². The first-order valence-electron chi connectivity index (χ1n) is 9.09. The molecule has 10 heteroatoms. The fourth-order valence-electron chi connectivity index (χ4n) is 2.92. The molecule has 0 fully saturated rings. The van der Waals surface area contributed by atoms with E-state index in [1.807, 2.05) is 31.2 Å². The molecule has 1 aromatic carbocycles. The van der Waals surface area contributed by atoms with Gasteiger partial charge >= 0.3 is 0 Å². The van der Waals surface area contributed by atoms with E-state index >= 15 is 0 Å². The molecule has 4 heterocycles. The summed E-state index contributed by atoms with van der Waals surface area (Å²) in [5, 5.41) is 8.90. The van der Waals surface area contributed by atoms with Crippen molar-refractivity contribution in [2.24, 2.45) is 0 Å². The molecule has 1 amide bonds. The first-order chi connectivity index (χ1) is 14.7. The number of carbonyl (C=O) groups is 1. The maximum atomic E-state index is 12.5. The van der Waals surface area contributed by atoms with Gasteiger partial charge in [-0.2, -0.15) is 4.98 Å². The normalized spacial score (nSPS) is 13.2. The molecule has 1 aliphatic heterocycles. The van der Waals surface area contributed by atoms with Gasteiger partial charge in [0.15, 0.2) is 16.5 Å². The van der Waals surface area contributed by atoms with E-state index in [1.165, 1.54) is 11.3 Å². The Bertz CT molecular complexity index is 1210. The van der Waals surface area contributed by atoms with E-state index in [1.54, 1.807) is 23.7 Å². The standard InChI is InChI=1S/C20H15N5O4S/c1-11(13-4-2-3-7-21-13)22-18(26)20-23-14(9-30-20)19-24-17(25-29-19)12-5-6-15-16(8-12)28-10-27-15/h2-9,11H,10H2,1H3,(H,22,26)/t11-/m1/s1. The van der Waals surface area contributed by atoms with Gasteiger partial charge in [-0.25, -0.2) is 4.98 Å². The van der Waals surface area contributed by atoms with Gasteiger partial charge in [-0.3, -0.25) is 9.78 Å². The van der Waals surface area contributed by atoms with Crippen molar-refractivity contribution in [2.45, 2.75) is 13.0 Å². The van der Waals surface area contributed by atoms with Gasteiger partial charge in [0.1, 0.15) is 5.69 Å². The van der Waals surface area contributed by atoms with Gasteiger partial charge in [-0.05, 0) is 37.3 Å². The highest BCUT2D eigenvalue weighted by Gasteiger charge is 2.20. The average Bonchev–Trinajstić information content (AvgIpc) is 3.53. The summed E-state index contributed by atoms with van der Waals surface area (Å²) in [5.41, 5.74) is 1.94. The molecule has 0 saturated heterocycles. The zero-order valence-corrected chi connectivity index (χ0v) is 16.5. The Morgan fingerprint density at radius 3 is 2.93 bits per heavy atom. The van der Waals surface area contributed by atoms with Crippen molar-refractivity contribution in [3.8, 4) is 34.5 Å². The predicted octanol–water partition coefficient (Wildman–Crippen LogP) is 3.47. The number of carbonyl (C=O) groups excluding carboxylic acids is 1. The highest BCUT2D eigenvalue weighted by Crippen LogP contribution is 2.35. The van der Waals surface area contributed by atoms with Crippen molar-refractivity contribution >= 4 is 17.2 Å². The number of nitrogens with zero attached hydrogens (tertiary/aromatic N) is 4. The summed E-state index contributed by atoms with van der Waals surface area (Å²) in [6.07, 6.45) is 1.69. The average molecular weight is 421 g/mol. The predicted molar refractivity (Wildman–Crippen MR) is 107 cm³/mol. The number of aromatic nitrogens is 4. The lowest BCUT2D eigenvalue weighted by Gasteiger charge is -2.11. The Kier molecular flexibility index (Phi) is 4.60. The van der Waals surface area contributed by atoms with E-state index in [-0.39, 0.29) is 24.6 Å². The molecule has 0 saturated carbocycles. The molecule has 1 aliphatic rings. The number of thiazole rings is 1. The Morgan fingerprint density at radius 2 is 2.07 bits per heavy atom. The van der Waals surface area contributed by atoms with Crippen LogP contribution in [0.5, 0.6) is 11.5 Å². The molecule has 3 aromatic heterocycles. The molecule has 0 bridgehead atoms. The molecular formula is C20H15N5O4S. The molecule has 0 spiro atoms. The topological polar surface area (TPSA) is 112 Å². The van der Waals surface area contributed by atoms with Crippen LogP contribution in [0.2, 0.25) is 0 Å². The summed E-state index contributed by atoms with van der Waals surface area (Å²) in [7, 11) is 0. The Labute approximate surface area is 174 Å². The minimum atomic E-state index is -0.292. The lowest BCUT2D eigenvalue weighted by atomic mass is 10.2. The van der Waals surface area contributed by atoms with Gasteiger partial charge in [0, 0.05) is 17.1 Å². The fourth-order valence-corrected chi connectivity index (χ4v) is 3.61. The number of fused-ring (bicyclic) bond motifs is 1. The Hall–Kier alpha value is -3.79. The molecule has 1 N–H and O–H groups in total. The molecule has 150 valence electrons.